The average Bonchev–Trinajstić information content (AvgIpc) is 2.34. The standard InChI is InChI=1S/C13H25NO3/c1-3-4-8-17-10-13(16)14-7-5-6-12(9-14)11(2)15/h11-12,15H,3-10H2,1-2H3. The van der Waals surface area contributed by atoms with E-state index in [-0.39, 0.29) is 24.5 Å². The van der Waals surface area contributed by atoms with Gasteiger partial charge in [0, 0.05) is 25.6 Å². The Bertz CT molecular complexity index is 231. The maximum Gasteiger partial charge on any atom is 0.248 e. The molecule has 1 aliphatic rings. The van der Waals surface area contributed by atoms with E-state index in [0.717, 1.165) is 32.2 Å². The number of hydrogen-bond acceptors (Lipinski definition) is 3. The first-order chi connectivity index (χ1) is 8.15. The van der Waals surface area contributed by atoms with E-state index < -0.39 is 0 Å². The first-order valence-corrected chi connectivity index (χ1v) is 6.68. The fourth-order valence-electron chi connectivity index (χ4n) is 2.13. The Kier molecular flexibility index (Phi) is 6.52. The van der Waals surface area contributed by atoms with E-state index in [1.54, 1.807) is 6.92 Å². The summed E-state index contributed by atoms with van der Waals surface area (Å²) < 4.78 is 5.33. The van der Waals surface area contributed by atoms with Crippen LogP contribution < -0.4 is 0 Å². The summed E-state index contributed by atoms with van der Waals surface area (Å²) in [7, 11) is 0. The third kappa shape index (κ3) is 5.04. The van der Waals surface area contributed by atoms with Crippen molar-refractivity contribution in [1.82, 2.24) is 4.90 Å². The van der Waals surface area contributed by atoms with Crippen LogP contribution in [0.2, 0.25) is 0 Å². The zero-order chi connectivity index (χ0) is 12.7. The number of hydrogen-bond donors (Lipinski definition) is 1. The van der Waals surface area contributed by atoms with E-state index >= 15 is 0 Å². The molecule has 0 aromatic carbocycles. The molecule has 1 fully saturated rings. The highest BCUT2D eigenvalue weighted by atomic mass is 16.5. The lowest BCUT2D eigenvalue weighted by Crippen LogP contribution is -2.44. The smallest absolute Gasteiger partial charge is 0.248 e. The fraction of sp³-hybridized carbons (Fsp3) is 0.923. The molecule has 0 radical (unpaired) electrons. The van der Waals surface area contributed by atoms with Crippen molar-refractivity contribution in [2.45, 2.75) is 45.6 Å². The highest BCUT2D eigenvalue weighted by molar-refractivity contribution is 5.77. The fourth-order valence-corrected chi connectivity index (χ4v) is 2.13. The molecular formula is C13H25NO3. The molecule has 1 heterocycles. The van der Waals surface area contributed by atoms with Crippen LogP contribution in [0.1, 0.15) is 39.5 Å². The molecule has 0 aromatic heterocycles. The van der Waals surface area contributed by atoms with E-state index in [1.807, 2.05) is 4.90 Å². The molecule has 17 heavy (non-hydrogen) atoms. The quantitative estimate of drug-likeness (QED) is 0.718. The van der Waals surface area contributed by atoms with Gasteiger partial charge in [-0.1, -0.05) is 13.3 Å². The van der Waals surface area contributed by atoms with Crippen molar-refractivity contribution in [3.63, 3.8) is 0 Å². The average molecular weight is 243 g/mol. The second-order valence-electron chi connectivity index (χ2n) is 4.89. The molecule has 1 aliphatic heterocycles. The number of rotatable bonds is 6. The van der Waals surface area contributed by atoms with E-state index in [9.17, 15) is 9.90 Å². The topological polar surface area (TPSA) is 49.8 Å². The van der Waals surface area contributed by atoms with Crippen molar-refractivity contribution in [1.29, 1.82) is 0 Å². The monoisotopic (exact) mass is 243 g/mol. The molecule has 1 amide bonds. The highest BCUT2D eigenvalue weighted by Crippen LogP contribution is 2.19. The largest absolute Gasteiger partial charge is 0.393 e. The normalized spacial score (nSPS) is 22.5. The molecule has 0 aliphatic carbocycles. The number of carbonyl (C=O) groups is 1. The zero-order valence-corrected chi connectivity index (χ0v) is 11.0. The summed E-state index contributed by atoms with van der Waals surface area (Å²) in [6.07, 6.45) is 3.76. The van der Waals surface area contributed by atoms with Gasteiger partial charge in [-0.3, -0.25) is 4.79 Å². The summed E-state index contributed by atoms with van der Waals surface area (Å²) in [6.45, 7) is 6.23. The molecule has 0 spiro atoms. The van der Waals surface area contributed by atoms with Crippen molar-refractivity contribution < 1.29 is 14.6 Å². The Morgan fingerprint density at radius 3 is 3.00 bits per heavy atom. The Labute approximate surface area is 104 Å². The molecule has 1 saturated heterocycles. The molecule has 0 aromatic rings. The van der Waals surface area contributed by atoms with Crippen LogP contribution in [-0.2, 0) is 9.53 Å². The van der Waals surface area contributed by atoms with E-state index in [1.165, 1.54) is 0 Å². The van der Waals surface area contributed by atoms with Crippen molar-refractivity contribution in [2.75, 3.05) is 26.3 Å². The minimum Gasteiger partial charge on any atom is -0.393 e. The maximum atomic E-state index is 11.8. The van der Waals surface area contributed by atoms with Crippen molar-refractivity contribution in [2.24, 2.45) is 5.92 Å². The maximum absolute atomic E-state index is 11.8. The van der Waals surface area contributed by atoms with Crippen LogP contribution in [0.25, 0.3) is 0 Å². The Balaban J connectivity index is 2.26. The number of carbonyl (C=O) groups excluding carboxylic acids is 1. The van der Waals surface area contributed by atoms with Gasteiger partial charge in [-0.15, -0.1) is 0 Å². The van der Waals surface area contributed by atoms with Gasteiger partial charge in [0.2, 0.25) is 5.91 Å². The van der Waals surface area contributed by atoms with Crippen LogP contribution in [0.5, 0.6) is 0 Å². The minimum absolute atomic E-state index is 0.0615. The second kappa shape index (κ2) is 7.67. The Morgan fingerprint density at radius 2 is 2.35 bits per heavy atom. The number of amides is 1. The van der Waals surface area contributed by atoms with Gasteiger partial charge in [0.05, 0.1) is 6.10 Å². The number of aliphatic hydroxyl groups excluding tert-OH is 1. The van der Waals surface area contributed by atoms with Crippen LogP contribution in [0.15, 0.2) is 0 Å². The third-order valence-corrected chi connectivity index (χ3v) is 3.36. The predicted molar refractivity (Wildman–Crippen MR) is 66.7 cm³/mol. The molecule has 0 bridgehead atoms. The number of nitrogens with zero attached hydrogens (tertiary/aromatic N) is 1. The summed E-state index contributed by atoms with van der Waals surface area (Å²) in [6, 6.07) is 0. The highest BCUT2D eigenvalue weighted by Gasteiger charge is 2.26. The lowest BCUT2D eigenvalue weighted by molar-refractivity contribution is -0.138. The van der Waals surface area contributed by atoms with E-state index in [4.69, 9.17) is 4.74 Å². The minimum atomic E-state index is -0.327. The van der Waals surface area contributed by atoms with Gasteiger partial charge in [-0.2, -0.15) is 0 Å². The van der Waals surface area contributed by atoms with Gasteiger partial charge in [0.15, 0.2) is 0 Å². The van der Waals surface area contributed by atoms with Crippen molar-refractivity contribution in [3.05, 3.63) is 0 Å². The molecule has 4 nitrogen and oxygen atoms in total. The van der Waals surface area contributed by atoms with Gasteiger partial charge in [0.25, 0.3) is 0 Å². The van der Waals surface area contributed by atoms with Gasteiger partial charge in [0.1, 0.15) is 6.61 Å². The van der Waals surface area contributed by atoms with Crippen LogP contribution in [0.3, 0.4) is 0 Å². The van der Waals surface area contributed by atoms with Gasteiger partial charge >= 0.3 is 0 Å². The van der Waals surface area contributed by atoms with Gasteiger partial charge in [-0.25, -0.2) is 0 Å². The number of likely N-dealkylation sites (tertiary alicyclic amines) is 1. The van der Waals surface area contributed by atoms with Crippen LogP contribution in [0, 0.1) is 5.92 Å². The van der Waals surface area contributed by atoms with Crippen molar-refractivity contribution >= 4 is 5.91 Å². The predicted octanol–water partition coefficient (Wildman–Crippen LogP) is 1.42. The number of ether oxygens (including phenoxy) is 1. The third-order valence-electron chi connectivity index (χ3n) is 3.36. The molecule has 0 saturated carbocycles. The Morgan fingerprint density at radius 1 is 1.59 bits per heavy atom. The second-order valence-corrected chi connectivity index (χ2v) is 4.89. The lowest BCUT2D eigenvalue weighted by atomic mass is 9.93. The van der Waals surface area contributed by atoms with E-state index in [0.29, 0.717) is 13.2 Å². The summed E-state index contributed by atoms with van der Waals surface area (Å²) in [5.74, 6) is 0.287. The van der Waals surface area contributed by atoms with Crippen LogP contribution in [0.4, 0.5) is 0 Å². The number of aliphatic hydroxyl groups is 1. The molecule has 2 atom stereocenters. The molecule has 2 unspecified atom stereocenters. The first-order valence-electron chi connectivity index (χ1n) is 6.68. The molecule has 1 rings (SSSR count). The first kappa shape index (κ1) is 14.5. The number of piperidine rings is 1. The van der Waals surface area contributed by atoms with E-state index in [2.05, 4.69) is 6.92 Å². The Hall–Kier alpha value is -0.610. The summed E-state index contributed by atoms with van der Waals surface area (Å²) >= 11 is 0. The van der Waals surface area contributed by atoms with Crippen LogP contribution in [-0.4, -0.2) is 48.3 Å². The molecule has 1 N–H and O–H groups in total. The molecular weight excluding hydrogens is 218 g/mol. The summed E-state index contributed by atoms with van der Waals surface area (Å²) in [5, 5.41) is 9.55. The van der Waals surface area contributed by atoms with Gasteiger partial charge < -0.3 is 14.7 Å². The zero-order valence-electron chi connectivity index (χ0n) is 11.0. The SMILES string of the molecule is CCCCOCC(=O)N1CCCC(C(C)O)C1. The molecule has 100 valence electrons. The number of unbranched alkanes of at least 4 members (excludes halogenated alkanes) is 1. The van der Waals surface area contributed by atoms with Gasteiger partial charge in [-0.05, 0) is 26.2 Å². The lowest BCUT2D eigenvalue weighted by Gasteiger charge is -2.34. The van der Waals surface area contributed by atoms with Crippen molar-refractivity contribution in [3.8, 4) is 0 Å². The molecule has 4 heteroatoms. The summed E-state index contributed by atoms with van der Waals surface area (Å²) in [4.78, 5) is 13.7. The summed E-state index contributed by atoms with van der Waals surface area (Å²) in [5.41, 5.74) is 0. The van der Waals surface area contributed by atoms with Crippen LogP contribution >= 0.6 is 0 Å².